The van der Waals surface area contributed by atoms with Gasteiger partial charge in [-0.3, -0.25) is 19.1 Å². The molecule has 0 radical (unpaired) electrons. The fraction of sp³-hybridized carbons (Fsp3) is 0.500. The first-order valence-electron chi connectivity index (χ1n) is 11.2. The zero-order valence-electron chi connectivity index (χ0n) is 19.6. The Balaban J connectivity index is 2.63. The molecule has 3 N–H and O–H groups in total. The van der Waals surface area contributed by atoms with Crippen LogP contribution in [0.5, 0.6) is 0 Å². The number of amides is 1. The Morgan fingerprint density at radius 2 is 1.76 bits per heavy atom. The van der Waals surface area contributed by atoms with Crippen LogP contribution in [0.2, 0.25) is 0 Å². The van der Waals surface area contributed by atoms with Gasteiger partial charge in [-0.1, -0.05) is 40.2 Å². The number of aromatic amines is 1. The second-order valence-corrected chi connectivity index (χ2v) is 9.51. The van der Waals surface area contributed by atoms with Crippen molar-refractivity contribution in [2.45, 2.75) is 58.4 Å². The molecule has 0 atom stereocenters. The van der Waals surface area contributed by atoms with Gasteiger partial charge in [0.15, 0.2) is 5.69 Å². The van der Waals surface area contributed by atoms with E-state index >= 15 is 0 Å². The molecule has 1 aromatic carbocycles. The molecule has 182 valence electrons. The van der Waals surface area contributed by atoms with Crippen LogP contribution in [0.3, 0.4) is 0 Å². The summed E-state index contributed by atoms with van der Waals surface area (Å²) in [5.74, 6) is -0.666. The molecule has 0 aliphatic heterocycles. The minimum Gasteiger partial charge on any atom is -0.383 e. The van der Waals surface area contributed by atoms with Gasteiger partial charge >= 0.3 is 5.69 Å². The Labute approximate surface area is 194 Å². The van der Waals surface area contributed by atoms with Crippen molar-refractivity contribution in [1.29, 1.82) is 0 Å². The van der Waals surface area contributed by atoms with Crippen LogP contribution in [0, 0.1) is 0 Å². The highest BCUT2D eigenvalue weighted by atomic mass is 32.2. The first-order valence-corrected chi connectivity index (χ1v) is 12.6. The second-order valence-electron chi connectivity index (χ2n) is 7.57. The molecule has 10 nitrogen and oxygen atoms in total. The predicted octanol–water partition coefficient (Wildman–Crippen LogP) is 2.01. The number of carbonyl (C=O) groups excluding carboxylic acids is 1. The molecule has 0 saturated heterocycles. The molecular formula is C22H33N5O5S. The molecule has 0 aliphatic rings. The SMILES string of the molecule is CCCCN(C(=O)c1cccc(S(=O)(=O)N(CC)CC)c1)c1c(N)n(CCC)c(=O)[nH]c1=O. The lowest BCUT2D eigenvalue weighted by atomic mass is 10.1. The average molecular weight is 480 g/mol. The molecule has 1 aromatic heterocycles. The van der Waals surface area contributed by atoms with E-state index < -0.39 is 27.2 Å². The molecule has 0 aliphatic carbocycles. The van der Waals surface area contributed by atoms with E-state index in [2.05, 4.69) is 4.98 Å². The minimum absolute atomic E-state index is 0.00896. The van der Waals surface area contributed by atoms with Crippen molar-refractivity contribution in [3.8, 4) is 0 Å². The average Bonchev–Trinajstić information content (AvgIpc) is 2.79. The number of hydrogen-bond acceptors (Lipinski definition) is 6. The molecular weight excluding hydrogens is 446 g/mol. The number of sulfonamides is 1. The summed E-state index contributed by atoms with van der Waals surface area (Å²) in [6.07, 6.45) is 1.92. The summed E-state index contributed by atoms with van der Waals surface area (Å²) in [5.41, 5.74) is 4.77. The fourth-order valence-corrected chi connectivity index (χ4v) is 5.08. The van der Waals surface area contributed by atoms with E-state index in [1.807, 2.05) is 13.8 Å². The van der Waals surface area contributed by atoms with E-state index in [1.165, 1.54) is 38.0 Å². The van der Waals surface area contributed by atoms with Gasteiger partial charge in [-0.25, -0.2) is 13.2 Å². The summed E-state index contributed by atoms with van der Waals surface area (Å²) in [4.78, 5) is 41.9. The Morgan fingerprint density at radius 1 is 1.09 bits per heavy atom. The van der Waals surface area contributed by atoms with Gasteiger partial charge in [0.05, 0.1) is 4.90 Å². The van der Waals surface area contributed by atoms with Gasteiger partial charge in [-0.15, -0.1) is 0 Å². The van der Waals surface area contributed by atoms with Gasteiger partial charge in [0.25, 0.3) is 11.5 Å². The lowest BCUT2D eigenvalue weighted by Crippen LogP contribution is -2.41. The monoisotopic (exact) mass is 479 g/mol. The molecule has 0 unspecified atom stereocenters. The van der Waals surface area contributed by atoms with Crippen LogP contribution in [0.25, 0.3) is 0 Å². The Kier molecular flexibility index (Phi) is 9.00. The van der Waals surface area contributed by atoms with Crippen molar-refractivity contribution in [2.75, 3.05) is 30.3 Å². The molecule has 0 fully saturated rings. The molecule has 0 saturated carbocycles. The zero-order chi connectivity index (χ0) is 24.8. The molecule has 11 heteroatoms. The van der Waals surface area contributed by atoms with E-state index in [0.717, 1.165) is 6.42 Å². The van der Waals surface area contributed by atoms with Crippen molar-refractivity contribution in [1.82, 2.24) is 13.9 Å². The molecule has 0 bridgehead atoms. The maximum atomic E-state index is 13.5. The summed E-state index contributed by atoms with van der Waals surface area (Å²) in [6.45, 7) is 8.33. The molecule has 33 heavy (non-hydrogen) atoms. The number of H-pyrrole nitrogens is 1. The minimum atomic E-state index is -3.78. The molecule has 0 spiro atoms. The van der Waals surface area contributed by atoms with Gasteiger partial charge in [0, 0.05) is 31.7 Å². The maximum absolute atomic E-state index is 13.5. The van der Waals surface area contributed by atoms with Crippen LogP contribution in [0.4, 0.5) is 11.5 Å². The van der Waals surface area contributed by atoms with Crippen LogP contribution in [-0.4, -0.2) is 47.8 Å². The first kappa shape index (κ1) is 26.3. The van der Waals surface area contributed by atoms with E-state index in [4.69, 9.17) is 5.73 Å². The number of rotatable bonds is 11. The molecule has 2 aromatic rings. The van der Waals surface area contributed by atoms with Crippen LogP contribution in [0.15, 0.2) is 38.8 Å². The quantitative estimate of drug-likeness (QED) is 0.505. The van der Waals surface area contributed by atoms with Crippen LogP contribution in [-0.2, 0) is 16.6 Å². The molecule has 1 heterocycles. The highest BCUT2D eigenvalue weighted by Gasteiger charge is 2.27. The van der Waals surface area contributed by atoms with Crippen LogP contribution in [0.1, 0.15) is 57.3 Å². The third-order valence-electron chi connectivity index (χ3n) is 5.34. The standard InChI is InChI=1S/C22H33N5O5S/c1-5-9-14-26(18-19(23)27(13-6-2)22(30)24-20(18)28)21(29)16-11-10-12-17(15-16)33(31,32)25(7-3)8-4/h10-12,15H,5-9,13-14,23H2,1-4H3,(H,24,28,30). The molecule has 2 rings (SSSR count). The highest BCUT2D eigenvalue weighted by Crippen LogP contribution is 2.23. The summed E-state index contributed by atoms with van der Waals surface area (Å²) in [6, 6.07) is 5.73. The van der Waals surface area contributed by atoms with Gasteiger partial charge in [0.2, 0.25) is 10.0 Å². The number of unbranched alkanes of at least 4 members (excludes halogenated alkanes) is 1. The lowest BCUT2D eigenvalue weighted by molar-refractivity contribution is 0.0986. The van der Waals surface area contributed by atoms with Crippen molar-refractivity contribution in [3.05, 3.63) is 50.7 Å². The third-order valence-corrected chi connectivity index (χ3v) is 7.38. The largest absolute Gasteiger partial charge is 0.383 e. The van der Waals surface area contributed by atoms with E-state index in [9.17, 15) is 22.8 Å². The molecule has 1 amide bonds. The van der Waals surface area contributed by atoms with Gasteiger partial charge in [-0.05, 0) is 31.0 Å². The summed E-state index contributed by atoms with van der Waals surface area (Å²) < 4.78 is 28.4. The Bertz CT molecular complexity index is 1200. The summed E-state index contributed by atoms with van der Waals surface area (Å²) in [5, 5.41) is 0. The van der Waals surface area contributed by atoms with Crippen LogP contribution < -0.4 is 21.9 Å². The first-order chi connectivity index (χ1) is 15.6. The number of hydrogen-bond donors (Lipinski definition) is 2. The zero-order valence-corrected chi connectivity index (χ0v) is 20.4. The number of nitrogen functional groups attached to an aromatic ring is 1. The number of aromatic nitrogens is 2. The predicted molar refractivity (Wildman–Crippen MR) is 129 cm³/mol. The lowest BCUT2D eigenvalue weighted by Gasteiger charge is -2.25. The van der Waals surface area contributed by atoms with Crippen molar-refractivity contribution < 1.29 is 13.2 Å². The van der Waals surface area contributed by atoms with Gasteiger partial charge in [0.1, 0.15) is 5.82 Å². The van der Waals surface area contributed by atoms with Crippen molar-refractivity contribution in [3.63, 3.8) is 0 Å². The maximum Gasteiger partial charge on any atom is 0.330 e. The van der Waals surface area contributed by atoms with E-state index in [0.29, 0.717) is 25.9 Å². The smallest absolute Gasteiger partial charge is 0.330 e. The van der Waals surface area contributed by atoms with Crippen molar-refractivity contribution in [2.24, 2.45) is 0 Å². The van der Waals surface area contributed by atoms with E-state index in [-0.39, 0.29) is 35.1 Å². The second kappa shape index (κ2) is 11.3. The number of nitrogens with zero attached hydrogens (tertiary/aromatic N) is 3. The Hall–Kier alpha value is -2.92. The number of benzene rings is 1. The number of anilines is 2. The number of nitrogens with one attached hydrogen (secondary N) is 1. The highest BCUT2D eigenvalue weighted by molar-refractivity contribution is 7.89. The topological polar surface area (TPSA) is 139 Å². The fourth-order valence-electron chi connectivity index (χ4n) is 3.57. The number of carbonyl (C=O) groups is 1. The summed E-state index contributed by atoms with van der Waals surface area (Å²) >= 11 is 0. The van der Waals surface area contributed by atoms with Crippen molar-refractivity contribution >= 4 is 27.4 Å². The number of nitrogens with two attached hydrogens (primary N) is 1. The van der Waals surface area contributed by atoms with Gasteiger partial charge in [-0.2, -0.15) is 4.31 Å². The summed E-state index contributed by atoms with van der Waals surface area (Å²) in [7, 11) is -3.78. The third kappa shape index (κ3) is 5.53. The normalized spacial score (nSPS) is 11.7. The van der Waals surface area contributed by atoms with E-state index in [1.54, 1.807) is 13.8 Å². The Morgan fingerprint density at radius 3 is 2.33 bits per heavy atom. The van der Waals surface area contributed by atoms with Crippen LogP contribution >= 0.6 is 0 Å². The van der Waals surface area contributed by atoms with Gasteiger partial charge < -0.3 is 10.6 Å².